The molecular weight excluding hydrogens is 199 g/mol. The summed E-state index contributed by atoms with van der Waals surface area (Å²) in [5, 5.41) is 9.59. The lowest BCUT2D eigenvalue weighted by molar-refractivity contribution is 0.101. The number of benzene rings is 1. The van der Waals surface area contributed by atoms with Gasteiger partial charge in [-0.3, -0.25) is 4.79 Å². The zero-order chi connectivity index (χ0) is 9.30. The van der Waals surface area contributed by atoms with Crippen molar-refractivity contribution < 1.29 is 9.90 Å². The Hall–Kier alpha value is -0.730. The van der Waals surface area contributed by atoms with Crippen molar-refractivity contribution in [2.45, 2.75) is 6.92 Å². The van der Waals surface area contributed by atoms with Crippen molar-refractivity contribution in [2.24, 2.45) is 0 Å². The third-order valence-corrected chi connectivity index (χ3v) is 2.23. The highest BCUT2D eigenvalue weighted by atomic mass is 35.5. The molecule has 64 valence electrons. The van der Waals surface area contributed by atoms with Crippen LogP contribution in [-0.2, 0) is 0 Å². The molecule has 0 aliphatic carbocycles. The Kier molecular flexibility index (Phi) is 2.60. The molecule has 1 rings (SSSR count). The lowest BCUT2D eigenvalue weighted by Gasteiger charge is -2.03. The van der Waals surface area contributed by atoms with Gasteiger partial charge in [-0.15, -0.1) is 0 Å². The van der Waals surface area contributed by atoms with Crippen LogP contribution in [0.15, 0.2) is 12.1 Å². The van der Waals surface area contributed by atoms with E-state index >= 15 is 0 Å². The average molecular weight is 205 g/mol. The van der Waals surface area contributed by atoms with Crippen LogP contribution in [0.5, 0.6) is 5.75 Å². The Bertz CT molecular complexity index is 334. The second kappa shape index (κ2) is 3.33. The predicted octanol–water partition coefficient (Wildman–Crippen LogP) is 2.90. The van der Waals surface area contributed by atoms with Crippen LogP contribution < -0.4 is 0 Å². The fraction of sp³-hybridized carbons (Fsp3) is 0.125. The Morgan fingerprint density at radius 1 is 1.42 bits per heavy atom. The van der Waals surface area contributed by atoms with Crippen molar-refractivity contribution in [3.8, 4) is 5.75 Å². The normalized spacial score (nSPS) is 9.92. The first kappa shape index (κ1) is 9.36. The fourth-order valence-electron chi connectivity index (χ4n) is 0.875. The molecule has 12 heavy (non-hydrogen) atoms. The molecule has 0 atom stereocenters. The Labute approximate surface area is 79.7 Å². The highest BCUT2D eigenvalue weighted by Crippen LogP contribution is 2.32. The van der Waals surface area contributed by atoms with E-state index in [9.17, 15) is 9.90 Å². The van der Waals surface area contributed by atoms with Crippen molar-refractivity contribution in [3.63, 3.8) is 0 Å². The van der Waals surface area contributed by atoms with E-state index in [1.807, 2.05) is 0 Å². The molecule has 4 heteroatoms. The number of halogens is 2. The molecule has 0 aromatic heterocycles. The van der Waals surface area contributed by atoms with Gasteiger partial charge in [0.05, 0.1) is 15.6 Å². The molecular formula is C8H6Cl2O2. The molecule has 0 saturated carbocycles. The second-order valence-corrected chi connectivity index (χ2v) is 3.10. The van der Waals surface area contributed by atoms with Gasteiger partial charge >= 0.3 is 0 Å². The van der Waals surface area contributed by atoms with E-state index in [2.05, 4.69) is 0 Å². The van der Waals surface area contributed by atoms with Crippen LogP contribution in [0.25, 0.3) is 0 Å². The maximum absolute atomic E-state index is 10.9. The molecule has 0 unspecified atom stereocenters. The Morgan fingerprint density at radius 2 is 2.00 bits per heavy atom. The first-order valence-electron chi connectivity index (χ1n) is 3.22. The largest absolute Gasteiger partial charge is 0.507 e. The van der Waals surface area contributed by atoms with Gasteiger partial charge in [0.1, 0.15) is 5.75 Å². The smallest absolute Gasteiger partial charge is 0.165 e. The third-order valence-electron chi connectivity index (χ3n) is 1.42. The van der Waals surface area contributed by atoms with Crippen molar-refractivity contribution in [1.82, 2.24) is 0 Å². The highest BCUT2D eigenvalue weighted by molar-refractivity contribution is 6.44. The van der Waals surface area contributed by atoms with Gasteiger partial charge in [-0.2, -0.15) is 0 Å². The number of aromatic hydroxyl groups is 1. The average Bonchev–Trinajstić information content (AvgIpc) is 1.97. The minimum Gasteiger partial charge on any atom is -0.507 e. The first-order valence-corrected chi connectivity index (χ1v) is 3.97. The number of hydrogen-bond donors (Lipinski definition) is 1. The van der Waals surface area contributed by atoms with Gasteiger partial charge in [0.25, 0.3) is 0 Å². The summed E-state index contributed by atoms with van der Waals surface area (Å²) in [5.41, 5.74) is 0.0733. The summed E-state index contributed by atoms with van der Waals surface area (Å²) in [6.07, 6.45) is 0. The molecule has 2 nitrogen and oxygen atoms in total. The summed E-state index contributed by atoms with van der Waals surface area (Å²) in [5.74, 6) is -0.447. The molecule has 0 amide bonds. The zero-order valence-electron chi connectivity index (χ0n) is 6.27. The van der Waals surface area contributed by atoms with Gasteiger partial charge in [0.15, 0.2) is 5.78 Å². The number of phenols is 1. The van der Waals surface area contributed by atoms with Gasteiger partial charge in [0, 0.05) is 0 Å². The van der Waals surface area contributed by atoms with E-state index in [4.69, 9.17) is 23.2 Å². The number of Topliss-reactive ketones (excluding diaryl/α,β-unsaturated/α-hetero) is 1. The van der Waals surface area contributed by atoms with Crippen molar-refractivity contribution >= 4 is 29.0 Å². The first-order chi connectivity index (χ1) is 5.54. The lowest BCUT2D eigenvalue weighted by atomic mass is 10.1. The number of ketones is 1. The molecule has 0 fully saturated rings. The van der Waals surface area contributed by atoms with Gasteiger partial charge in [0.2, 0.25) is 0 Å². The molecule has 0 heterocycles. The highest BCUT2D eigenvalue weighted by Gasteiger charge is 2.13. The number of carbonyl (C=O) groups excluding carboxylic acids is 1. The molecule has 0 spiro atoms. The van der Waals surface area contributed by atoms with E-state index in [0.29, 0.717) is 0 Å². The predicted molar refractivity (Wildman–Crippen MR) is 48.1 cm³/mol. The second-order valence-electron chi connectivity index (χ2n) is 2.31. The summed E-state index contributed by atoms with van der Waals surface area (Å²) in [4.78, 5) is 10.9. The Balaban J connectivity index is 3.43. The summed E-state index contributed by atoms with van der Waals surface area (Å²) in [6.45, 7) is 1.32. The molecule has 0 saturated heterocycles. The van der Waals surface area contributed by atoms with Crippen molar-refractivity contribution in [1.29, 1.82) is 0 Å². The fourth-order valence-corrected chi connectivity index (χ4v) is 1.33. The van der Waals surface area contributed by atoms with Gasteiger partial charge < -0.3 is 5.11 Å². The van der Waals surface area contributed by atoms with E-state index in [1.54, 1.807) is 0 Å². The summed E-state index contributed by atoms with van der Waals surface area (Å²) < 4.78 is 0. The quantitative estimate of drug-likeness (QED) is 0.715. The summed E-state index contributed by atoms with van der Waals surface area (Å²) >= 11 is 11.3. The molecule has 0 aliphatic rings. The third kappa shape index (κ3) is 1.54. The van der Waals surface area contributed by atoms with E-state index in [1.165, 1.54) is 19.1 Å². The van der Waals surface area contributed by atoms with Crippen LogP contribution in [0.4, 0.5) is 0 Å². The van der Waals surface area contributed by atoms with E-state index in [-0.39, 0.29) is 27.1 Å². The van der Waals surface area contributed by atoms with Gasteiger partial charge in [-0.1, -0.05) is 23.2 Å². The number of carbonyl (C=O) groups is 1. The zero-order valence-corrected chi connectivity index (χ0v) is 7.78. The summed E-state index contributed by atoms with van der Waals surface area (Å²) in [6, 6.07) is 2.77. The van der Waals surface area contributed by atoms with Crippen LogP contribution in [0, 0.1) is 0 Å². The topological polar surface area (TPSA) is 37.3 Å². The van der Waals surface area contributed by atoms with Crippen LogP contribution in [-0.4, -0.2) is 10.9 Å². The van der Waals surface area contributed by atoms with Crippen molar-refractivity contribution in [2.75, 3.05) is 0 Å². The van der Waals surface area contributed by atoms with Crippen LogP contribution in [0.3, 0.4) is 0 Å². The minimum atomic E-state index is -0.306. The molecule has 1 aromatic rings. The number of phenolic OH excluding ortho intramolecular Hbond substituents is 1. The Morgan fingerprint density at radius 3 is 2.42 bits per heavy atom. The minimum absolute atomic E-state index is 0.0733. The molecule has 1 N–H and O–H groups in total. The van der Waals surface area contributed by atoms with E-state index in [0.717, 1.165) is 0 Å². The van der Waals surface area contributed by atoms with Crippen LogP contribution >= 0.6 is 23.2 Å². The standard InChI is InChI=1S/C8H6Cl2O2/c1-4(11)7-6(12)3-2-5(9)8(7)10/h2-3,12H,1H3. The molecule has 0 radical (unpaired) electrons. The van der Waals surface area contributed by atoms with E-state index < -0.39 is 0 Å². The summed E-state index contributed by atoms with van der Waals surface area (Å²) in [7, 11) is 0. The van der Waals surface area contributed by atoms with Crippen LogP contribution in [0.2, 0.25) is 10.0 Å². The van der Waals surface area contributed by atoms with Gasteiger partial charge in [-0.25, -0.2) is 0 Å². The number of rotatable bonds is 1. The van der Waals surface area contributed by atoms with Crippen LogP contribution in [0.1, 0.15) is 17.3 Å². The molecule has 0 aliphatic heterocycles. The van der Waals surface area contributed by atoms with Gasteiger partial charge in [-0.05, 0) is 19.1 Å². The number of hydrogen-bond acceptors (Lipinski definition) is 2. The molecule has 0 bridgehead atoms. The molecule has 1 aromatic carbocycles. The maximum atomic E-state index is 10.9. The SMILES string of the molecule is CC(=O)c1c(O)ccc(Cl)c1Cl. The maximum Gasteiger partial charge on any atom is 0.165 e. The monoisotopic (exact) mass is 204 g/mol. The van der Waals surface area contributed by atoms with Crippen molar-refractivity contribution in [3.05, 3.63) is 27.7 Å². The lowest BCUT2D eigenvalue weighted by Crippen LogP contribution is -1.94.